The molecule has 100 valence electrons. The van der Waals surface area contributed by atoms with Crippen LogP contribution in [0.1, 0.15) is 11.6 Å². The number of hydrogen-bond donors (Lipinski definition) is 1. The second-order valence-corrected chi connectivity index (χ2v) is 5.06. The summed E-state index contributed by atoms with van der Waals surface area (Å²) in [7, 11) is 0. The molecule has 3 rings (SSSR count). The van der Waals surface area contributed by atoms with E-state index in [1.165, 1.54) is 10.8 Å². The van der Waals surface area contributed by atoms with Gasteiger partial charge < -0.3 is 5.32 Å². The third kappa shape index (κ3) is 2.62. The Morgan fingerprint density at radius 3 is 2.53 bits per heavy atom. The first-order valence-electron chi connectivity index (χ1n) is 6.88. The summed E-state index contributed by atoms with van der Waals surface area (Å²) in [5.41, 5.74) is 1.09. The lowest BCUT2D eigenvalue weighted by Crippen LogP contribution is -2.45. The van der Waals surface area contributed by atoms with Gasteiger partial charge in [0, 0.05) is 26.2 Å². The van der Waals surface area contributed by atoms with Crippen molar-refractivity contribution in [3.05, 3.63) is 48.0 Å². The highest BCUT2D eigenvalue weighted by molar-refractivity contribution is 5.83. The molecule has 19 heavy (non-hydrogen) atoms. The van der Waals surface area contributed by atoms with Crippen molar-refractivity contribution in [3.63, 3.8) is 0 Å². The molecule has 1 saturated heterocycles. The fourth-order valence-corrected chi connectivity index (χ4v) is 2.81. The van der Waals surface area contributed by atoms with Crippen LogP contribution < -0.4 is 5.32 Å². The molecule has 1 aliphatic rings. The Kier molecular flexibility index (Phi) is 3.76. The minimum absolute atomic E-state index is 0.105. The minimum atomic E-state index is -0.321. The van der Waals surface area contributed by atoms with E-state index in [1.807, 2.05) is 12.1 Å². The largest absolute Gasteiger partial charge is 0.314 e. The topological polar surface area (TPSA) is 15.3 Å². The van der Waals surface area contributed by atoms with E-state index in [9.17, 15) is 4.39 Å². The van der Waals surface area contributed by atoms with Gasteiger partial charge in [0.05, 0.1) is 6.04 Å². The second kappa shape index (κ2) is 5.68. The van der Waals surface area contributed by atoms with Gasteiger partial charge in [-0.05, 0) is 22.4 Å². The molecule has 2 aromatic carbocycles. The van der Waals surface area contributed by atoms with Crippen LogP contribution in [0.15, 0.2) is 42.5 Å². The van der Waals surface area contributed by atoms with Crippen LogP contribution in [-0.4, -0.2) is 37.8 Å². The van der Waals surface area contributed by atoms with Gasteiger partial charge in [-0.1, -0.05) is 36.4 Å². The Balaban J connectivity index is 1.91. The van der Waals surface area contributed by atoms with Crippen molar-refractivity contribution in [2.75, 3.05) is 32.9 Å². The molecule has 1 heterocycles. The van der Waals surface area contributed by atoms with Crippen molar-refractivity contribution in [1.29, 1.82) is 0 Å². The average Bonchev–Trinajstić information content (AvgIpc) is 2.49. The van der Waals surface area contributed by atoms with E-state index in [0.717, 1.165) is 31.7 Å². The van der Waals surface area contributed by atoms with E-state index >= 15 is 0 Å². The van der Waals surface area contributed by atoms with Crippen LogP contribution >= 0.6 is 0 Å². The molecule has 2 aromatic rings. The predicted molar refractivity (Wildman–Crippen MR) is 77.1 cm³/mol. The molecule has 0 aromatic heterocycles. The molecular weight excluding hydrogens is 239 g/mol. The van der Waals surface area contributed by atoms with Crippen LogP contribution in [0.5, 0.6) is 0 Å². The Morgan fingerprint density at radius 1 is 1.05 bits per heavy atom. The highest BCUT2D eigenvalue weighted by atomic mass is 19.1. The van der Waals surface area contributed by atoms with Crippen LogP contribution in [0, 0.1) is 0 Å². The van der Waals surface area contributed by atoms with Crippen molar-refractivity contribution in [1.82, 2.24) is 10.2 Å². The predicted octanol–water partition coefficient (Wildman–Crippen LogP) is 2.76. The van der Waals surface area contributed by atoms with Gasteiger partial charge in [0.1, 0.15) is 6.67 Å². The number of halogens is 1. The standard InChI is InChI=1S/C16H19FN2/c17-12-16(19-9-7-18-8-10-19)15-6-5-13-3-1-2-4-14(13)11-15/h1-6,11,16,18H,7-10,12H2/t16-/m0/s1. The van der Waals surface area contributed by atoms with E-state index in [2.05, 4.69) is 40.5 Å². The smallest absolute Gasteiger partial charge is 0.109 e. The Labute approximate surface area is 113 Å². The van der Waals surface area contributed by atoms with Crippen LogP contribution in [0.4, 0.5) is 4.39 Å². The summed E-state index contributed by atoms with van der Waals surface area (Å²) in [6.45, 7) is 3.41. The molecular formula is C16H19FN2. The van der Waals surface area contributed by atoms with E-state index < -0.39 is 0 Å². The zero-order valence-electron chi connectivity index (χ0n) is 11.0. The third-order valence-electron chi connectivity index (χ3n) is 3.90. The van der Waals surface area contributed by atoms with Gasteiger partial charge >= 0.3 is 0 Å². The fourth-order valence-electron chi connectivity index (χ4n) is 2.81. The number of nitrogens with one attached hydrogen (secondary N) is 1. The quantitative estimate of drug-likeness (QED) is 0.910. The maximum atomic E-state index is 13.5. The molecule has 0 bridgehead atoms. The van der Waals surface area contributed by atoms with Crippen LogP contribution in [0.2, 0.25) is 0 Å². The molecule has 0 amide bonds. The van der Waals surface area contributed by atoms with Crippen molar-refractivity contribution in [2.24, 2.45) is 0 Å². The molecule has 0 aliphatic carbocycles. The molecule has 1 aliphatic heterocycles. The molecule has 0 spiro atoms. The Hall–Kier alpha value is -1.45. The van der Waals surface area contributed by atoms with Gasteiger partial charge in [-0.15, -0.1) is 0 Å². The molecule has 1 fully saturated rings. The third-order valence-corrected chi connectivity index (χ3v) is 3.90. The van der Waals surface area contributed by atoms with Crippen molar-refractivity contribution < 1.29 is 4.39 Å². The number of benzene rings is 2. The van der Waals surface area contributed by atoms with Crippen LogP contribution in [-0.2, 0) is 0 Å². The van der Waals surface area contributed by atoms with Crippen LogP contribution in [0.3, 0.4) is 0 Å². The first-order valence-corrected chi connectivity index (χ1v) is 6.88. The normalized spacial score (nSPS) is 18.6. The molecule has 3 heteroatoms. The van der Waals surface area contributed by atoms with E-state index in [4.69, 9.17) is 0 Å². The lowest BCUT2D eigenvalue weighted by molar-refractivity contribution is 0.147. The maximum Gasteiger partial charge on any atom is 0.109 e. The van der Waals surface area contributed by atoms with Crippen molar-refractivity contribution in [3.8, 4) is 0 Å². The van der Waals surface area contributed by atoms with Crippen molar-refractivity contribution >= 4 is 10.8 Å². The maximum absolute atomic E-state index is 13.5. The zero-order chi connectivity index (χ0) is 13.1. The summed E-state index contributed by atoms with van der Waals surface area (Å²) >= 11 is 0. The molecule has 0 saturated carbocycles. The summed E-state index contributed by atoms with van der Waals surface area (Å²) in [4.78, 5) is 2.24. The Morgan fingerprint density at radius 2 is 1.79 bits per heavy atom. The van der Waals surface area contributed by atoms with Crippen LogP contribution in [0.25, 0.3) is 10.8 Å². The summed E-state index contributed by atoms with van der Waals surface area (Å²) in [6.07, 6.45) is 0. The molecule has 1 atom stereocenters. The van der Waals surface area contributed by atoms with E-state index in [-0.39, 0.29) is 12.7 Å². The second-order valence-electron chi connectivity index (χ2n) is 5.06. The van der Waals surface area contributed by atoms with Gasteiger partial charge in [-0.2, -0.15) is 0 Å². The van der Waals surface area contributed by atoms with Crippen molar-refractivity contribution in [2.45, 2.75) is 6.04 Å². The SMILES string of the molecule is FC[C@@H](c1ccc2ccccc2c1)N1CCNCC1. The zero-order valence-corrected chi connectivity index (χ0v) is 11.0. The summed E-state index contributed by atoms with van der Waals surface area (Å²) in [5, 5.41) is 5.71. The highest BCUT2D eigenvalue weighted by Gasteiger charge is 2.22. The number of fused-ring (bicyclic) bond motifs is 1. The molecule has 0 radical (unpaired) electrons. The summed E-state index contributed by atoms with van der Waals surface area (Å²) in [6, 6.07) is 14.4. The number of alkyl halides is 1. The average molecular weight is 258 g/mol. The van der Waals surface area contributed by atoms with E-state index in [1.54, 1.807) is 0 Å². The lowest BCUT2D eigenvalue weighted by atomic mass is 10.0. The number of nitrogens with zero attached hydrogens (tertiary/aromatic N) is 1. The van der Waals surface area contributed by atoms with Gasteiger partial charge in [0.15, 0.2) is 0 Å². The first-order chi connectivity index (χ1) is 9.38. The first kappa shape index (κ1) is 12.6. The lowest BCUT2D eigenvalue weighted by Gasteiger charge is -2.33. The molecule has 0 unspecified atom stereocenters. The number of rotatable bonds is 3. The fraction of sp³-hybridized carbons (Fsp3) is 0.375. The number of hydrogen-bond acceptors (Lipinski definition) is 2. The summed E-state index contributed by atoms with van der Waals surface area (Å²) < 4.78 is 13.5. The van der Waals surface area contributed by atoms with E-state index in [0.29, 0.717) is 0 Å². The van der Waals surface area contributed by atoms with Gasteiger partial charge in [-0.3, -0.25) is 4.90 Å². The number of piperazine rings is 1. The minimum Gasteiger partial charge on any atom is -0.314 e. The van der Waals surface area contributed by atoms with Gasteiger partial charge in [0.25, 0.3) is 0 Å². The van der Waals surface area contributed by atoms with Gasteiger partial charge in [-0.25, -0.2) is 4.39 Å². The monoisotopic (exact) mass is 258 g/mol. The van der Waals surface area contributed by atoms with Gasteiger partial charge in [0.2, 0.25) is 0 Å². The highest BCUT2D eigenvalue weighted by Crippen LogP contribution is 2.25. The molecule has 1 N–H and O–H groups in total. The Bertz CT molecular complexity index is 549. The molecule has 2 nitrogen and oxygen atoms in total. The summed E-state index contributed by atoms with van der Waals surface area (Å²) in [5.74, 6) is 0.